The van der Waals surface area contributed by atoms with Crippen LogP contribution in [0.25, 0.3) is 0 Å². The van der Waals surface area contributed by atoms with Crippen molar-refractivity contribution >= 4 is 11.6 Å². The van der Waals surface area contributed by atoms with Gasteiger partial charge in [-0.25, -0.2) is 9.97 Å². The van der Waals surface area contributed by atoms with Crippen LogP contribution in [0, 0.1) is 6.92 Å². The molecule has 1 fully saturated rings. The highest BCUT2D eigenvalue weighted by atomic mass is 35.5. The van der Waals surface area contributed by atoms with Gasteiger partial charge in [-0.15, -0.1) is 0 Å². The molecule has 100 valence electrons. The predicted molar refractivity (Wildman–Crippen MR) is 73.8 cm³/mol. The van der Waals surface area contributed by atoms with E-state index in [1.165, 1.54) is 12.8 Å². The van der Waals surface area contributed by atoms with E-state index in [0.717, 1.165) is 31.2 Å². The molecule has 0 N–H and O–H groups in total. The van der Waals surface area contributed by atoms with Crippen molar-refractivity contribution in [2.24, 2.45) is 0 Å². The van der Waals surface area contributed by atoms with Gasteiger partial charge in [0, 0.05) is 18.3 Å². The number of halogens is 1. The third-order valence-corrected chi connectivity index (χ3v) is 3.48. The fraction of sp³-hybridized carbons (Fsp3) is 0.692. The van der Waals surface area contributed by atoms with E-state index in [1.54, 1.807) is 6.07 Å². The van der Waals surface area contributed by atoms with Gasteiger partial charge in [-0.1, -0.05) is 11.6 Å². The summed E-state index contributed by atoms with van der Waals surface area (Å²) in [6.07, 6.45) is 2.52. The Kier molecular flexibility index (Phi) is 4.54. The number of aromatic nitrogens is 2. The zero-order valence-electron chi connectivity index (χ0n) is 11.4. The first-order valence-corrected chi connectivity index (χ1v) is 6.81. The molecule has 2 rings (SSSR count). The first-order valence-electron chi connectivity index (χ1n) is 6.43. The Morgan fingerprint density at radius 1 is 1.44 bits per heavy atom. The van der Waals surface area contributed by atoms with E-state index in [1.807, 2.05) is 6.92 Å². The fourth-order valence-corrected chi connectivity index (χ4v) is 2.83. The van der Waals surface area contributed by atoms with Crippen LogP contribution in [-0.4, -0.2) is 53.0 Å². The van der Waals surface area contributed by atoms with Crippen LogP contribution in [0.3, 0.4) is 0 Å². The summed E-state index contributed by atoms with van der Waals surface area (Å²) < 4.78 is 0. The van der Waals surface area contributed by atoms with Crippen LogP contribution < -0.4 is 0 Å². The van der Waals surface area contributed by atoms with E-state index in [-0.39, 0.29) is 0 Å². The van der Waals surface area contributed by atoms with Gasteiger partial charge >= 0.3 is 0 Å². The average molecular weight is 269 g/mol. The van der Waals surface area contributed by atoms with Gasteiger partial charge < -0.3 is 4.90 Å². The van der Waals surface area contributed by atoms with Crippen molar-refractivity contribution in [2.75, 3.05) is 27.2 Å². The quantitative estimate of drug-likeness (QED) is 0.782. The van der Waals surface area contributed by atoms with E-state index in [9.17, 15) is 0 Å². The van der Waals surface area contributed by atoms with Crippen molar-refractivity contribution in [3.8, 4) is 0 Å². The molecule has 1 atom stereocenters. The smallest absolute Gasteiger partial charge is 0.144 e. The molecule has 4 nitrogen and oxygen atoms in total. The Bertz CT molecular complexity index is 388. The summed E-state index contributed by atoms with van der Waals surface area (Å²) in [5.74, 6) is 0.839. The first-order chi connectivity index (χ1) is 8.54. The highest BCUT2D eigenvalue weighted by Gasteiger charge is 2.25. The average Bonchev–Trinajstić information content (AvgIpc) is 2.63. The number of aryl methyl sites for hydroxylation is 1. The second kappa shape index (κ2) is 5.95. The third-order valence-electron chi connectivity index (χ3n) is 3.29. The minimum Gasteiger partial charge on any atom is -0.308 e. The minimum atomic E-state index is 0.542. The maximum Gasteiger partial charge on any atom is 0.144 e. The van der Waals surface area contributed by atoms with Gasteiger partial charge in [0.05, 0.1) is 6.54 Å². The fourth-order valence-electron chi connectivity index (χ4n) is 2.57. The lowest BCUT2D eigenvalue weighted by Gasteiger charge is -2.26. The molecule has 1 unspecified atom stereocenters. The molecule has 1 aliphatic rings. The van der Waals surface area contributed by atoms with Crippen molar-refractivity contribution in [1.29, 1.82) is 0 Å². The Morgan fingerprint density at radius 3 is 2.89 bits per heavy atom. The van der Waals surface area contributed by atoms with Crippen molar-refractivity contribution in [2.45, 2.75) is 32.4 Å². The lowest BCUT2D eigenvalue weighted by molar-refractivity contribution is 0.197. The van der Waals surface area contributed by atoms with Crippen molar-refractivity contribution < 1.29 is 0 Å². The lowest BCUT2D eigenvalue weighted by atomic mass is 10.2. The van der Waals surface area contributed by atoms with E-state index in [2.05, 4.69) is 33.9 Å². The van der Waals surface area contributed by atoms with Crippen molar-refractivity contribution in [3.63, 3.8) is 0 Å². The largest absolute Gasteiger partial charge is 0.308 e. The standard InChI is InChI=1S/C13H21ClN4/c1-10-7-12(14)16-13(15-10)9-18-6-4-5-11(18)8-17(2)3/h7,11H,4-6,8-9H2,1-3H3. The van der Waals surface area contributed by atoms with Crippen molar-refractivity contribution in [3.05, 3.63) is 22.7 Å². The van der Waals surface area contributed by atoms with Crippen LogP contribution in [0.15, 0.2) is 6.07 Å². The summed E-state index contributed by atoms with van der Waals surface area (Å²) in [6.45, 7) is 4.99. The van der Waals surface area contributed by atoms with Crippen LogP contribution in [-0.2, 0) is 6.54 Å². The first kappa shape index (κ1) is 13.7. The summed E-state index contributed by atoms with van der Waals surface area (Å²) in [5.41, 5.74) is 0.938. The van der Waals surface area contributed by atoms with Crippen molar-refractivity contribution in [1.82, 2.24) is 19.8 Å². The van der Waals surface area contributed by atoms with Crippen LogP contribution in [0.5, 0.6) is 0 Å². The van der Waals surface area contributed by atoms with Gasteiger partial charge in [-0.05, 0) is 46.5 Å². The molecule has 1 aromatic rings. The van der Waals surface area contributed by atoms with E-state index < -0.39 is 0 Å². The molecule has 1 aliphatic heterocycles. The van der Waals surface area contributed by atoms with Gasteiger partial charge in [-0.3, -0.25) is 4.90 Å². The van der Waals surface area contributed by atoms with Gasteiger partial charge in [-0.2, -0.15) is 0 Å². The SMILES string of the molecule is Cc1cc(Cl)nc(CN2CCCC2CN(C)C)n1. The summed E-state index contributed by atoms with van der Waals surface area (Å²) >= 11 is 5.98. The maximum atomic E-state index is 5.98. The lowest BCUT2D eigenvalue weighted by Crippen LogP contribution is -2.37. The normalized spacial score (nSPS) is 20.8. The Labute approximate surface area is 114 Å². The third kappa shape index (κ3) is 3.64. The summed E-state index contributed by atoms with van der Waals surface area (Å²) in [4.78, 5) is 13.5. The maximum absolute atomic E-state index is 5.98. The highest BCUT2D eigenvalue weighted by molar-refractivity contribution is 6.29. The summed E-state index contributed by atoms with van der Waals surface area (Å²) in [7, 11) is 4.24. The van der Waals surface area contributed by atoms with Crippen LogP contribution >= 0.6 is 11.6 Å². The molecule has 0 amide bonds. The molecule has 2 heterocycles. The molecule has 1 aromatic heterocycles. The summed E-state index contributed by atoms with van der Waals surface area (Å²) in [5, 5.41) is 0.542. The second-order valence-electron chi connectivity index (χ2n) is 5.28. The van der Waals surface area contributed by atoms with Gasteiger partial charge in [0.2, 0.25) is 0 Å². The van der Waals surface area contributed by atoms with E-state index in [4.69, 9.17) is 11.6 Å². The van der Waals surface area contributed by atoms with Crippen LogP contribution in [0.1, 0.15) is 24.4 Å². The second-order valence-corrected chi connectivity index (χ2v) is 5.66. The molecular formula is C13H21ClN4. The highest BCUT2D eigenvalue weighted by Crippen LogP contribution is 2.20. The van der Waals surface area contributed by atoms with Crippen LogP contribution in [0.4, 0.5) is 0 Å². The molecule has 0 aliphatic carbocycles. The number of likely N-dealkylation sites (tertiary alicyclic amines) is 1. The van der Waals surface area contributed by atoms with E-state index in [0.29, 0.717) is 11.2 Å². The molecule has 0 saturated carbocycles. The molecule has 0 aromatic carbocycles. The molecule has 0 bridgehead atoms. The molecule has 0 spiro atoms. The van der Waals surface area contributed by atoms with Gasteiger partial charge in [0.1, 0.15) is 11.0 Å². The van der Waals surface area contributed by atoms with Gasteiger partial charge in [0.15, 0.2) is 0 Å². The van der Waals surface area contributed by atoms with Crippen LogP contribution in [0.2, 0.25) is 5.15 Å². The molecule has 1 saturated heterocycles. The number of likely N-dealkylation sites (N-methyl/N-ethyl adjacent to an activating group) is 1. The molecule has 18 heavy (non-hydrogen) atoms. The summed E-state index contributed by atoms with van der Waals surface area (Å²) in [6, 6.07) is 2.41. The molecule has 5 heteroatoms. The minimum absolute atomic E-state index is 0.542. The molecule has 0 radical (unpaired) electrons. The zero-order valence-corrected chi connectivity index (χ0v) is 12.1. The topological polar surface area (TPSA) is 32.3 Å². The number of hydrogen-bond acceptors (Lipinski definition) is 4. The molecular weight excluding hydrogens is 248 g/mol. The zero-order chi connectivity index (χ0) is 13.1. The Hall–Kier alpha value is -0.710. The monoisotopic (exact) mass is 268 g/mol. The number of nitrogens with zero attached hydrogens (tertiary/aromatic N) is 4. The van der Waals surface area contributed by atoms with Gasteiger partial charge in [0.25, 0.3) is 0 Å². The van der Waals surface area contributed by atoms with E-state index >= 15 is 0 Å². The number of rotatable bonds is 4. The Balaban J connectivity index is 2.03. The number of hydrogen-bond donors (Lipinski definition) is 0. The predicted octanol–water partition coefficient (Wildman–Crippen LogP) is 1.96. The Morgan fingerprint density at radius 2 is 2.22 bits per heavy atom.